The van der Waals surface area contributed by atoms with E-state index in [0.29, 0.717) is 13.1 Å². The van der Waals surface area contributed by atoms with E-state index in [1.807, 2.05) is 49.9 Å². The highest BCUT2D eigenvalue weighted by Crippen LogP contribution is 2.46. The molecule has 0 radical (unpaired) electrons. The predicted octanol–water partition coefficient (Wildman–Crippen LogP) is 7.80. The lowest BCUT2D eigenvalue weighted by Crippen LogP contribution is -2.55. The van der Waals surface area contributed by atoms with Crippen molar-refractivity contribution in [1.82, 2.24) is 46.5 Å². The molecule has 2 fully saturated rings. The summed E-state index contributed by atoms with van der Waals surface area (Å²) in [6.07, 6.45) is 11.9. The second kappa shape index (κ2) is 20.3. The average molecular weight is 924 g/mol. The highest BCUT2D eigenvalue weighted by atomic mass is 16.5. The number of ether oxygens (including phenoxy) is 2. The Bertz CT molecular complexity index is 2330. The van der Waals surface area contributed by atoms with Crippen LogP contribution >= 0.6 is 0 Å². The van der Waals surface area contributed by atoms with Crippen LogP contribution in [0.3, 0.4) is 0 Å². The number of benzene rings is 2. The number of H-pyrrole nitrogens is 2. The van der Waals surface area contributed by atoms with Crippen LogP contribution in [-0.4, -0.2) is 104 Å². The van der Waals surface area contributed by atoms with Crippen LogP contribution in [0.2, 0.25) is 0 Å². The Labute approximate surface area is 393 Å². The second-order valence-corrected chi connectivity index (χ2v) is 19.2. The van der Waals surface area contributed by atoms with Crippen LogP contribution in [0.5, 0.6) is 0 Å². The zero-order valence-electron chi connectivity index (χ0n) is 40.6. The molecule has 8 N–H and O–H groups in total. The van der Waals surface area contributed by atoms with Crippen molar-refractivity contribution in [2.24, 2.45) is 11.8 Å². The number of imidazole rings is 2. The Hall–Kier alpha value is -6.23. The smallest absolute Gasteiger partial charge is 0.407 e. The fourth-order valence-corrected chi connectivity index (χ4v) is 10.7. The molecule has 2 saturated heterocycles. The number of hydrogen-bond acceptors (Lipinski definition) is 10. The Morgan fingerprint density at radius 3 is 1.28 bits per heavy atom. The molecule has 0 spiro atoms. The van der Waals surface area contributed by atoms with Gasteiger partial charge in [-0.05, 0) is 123 Å². The molecule has 362 valence electrons. The van der Waals surface area contributed by atoms with Crippen LogP contribution in [0, 0.1) is 11.8 Å². The monoisotopic (exact) mass is 924 g/mol. The quantitative estimate of drug-likeness (QED) is 0.0847. The van der Waals surface area contributed by atoms with E-state index < -0.39 is 41.3 Å². The summed E-state index contributed by atoms with van der Waals surface area (Å²) < 4.78 is 9.67. The minimum absolute atomic E-state index is 0. The molecule has 17 nitrogen and oxygen atoms in total. The van der Waals surface area contributed by atoms with Gasteiger partial charge in [-0.1, -0.05) is 52.0 Å². The lowest BCUT2D eigenvalue weighted by Gasteiger charge is -2.37. The van der Waals surface area contributed by atoms with Gasteiger partial charge in [0.25, 0.3) is 5.97 Å². The van der Waals surface area contributed by atoms with Gasteiger partial charge in [0.1, 0.15) is 23.7 Å². The molecule has 4 aromatic rings. The number of rotatable bonds is 11. The molecular weight excluding hydrogens is 855 g/mol. The average Bonchev–Trinajstić information content (AvgIpc) is 4.14. The van der Waals surface area contributed by atoms with Crippen molar-refractivity contribution in [1.29, 1.82) is 0 Å². The zero-order chi connectivity index (χ0) is 47.7. The third-order valence-corrected chi connectivity index (χ3v) is 14.2. The van der Waals surface area contributed by atoms with Gasteiger partial charge >= 0.3 is 12.2 Å². The van der Waals surface area contributed by atoms with Crippen LogP contribution in [-0.2, 0) is 60.6 Å². The van der Waals surface area contributed by atoms with E-state index in [-0.39, 0.29) is 29.8 Å². The van der Waals surface area contributed by atoms with E-state index in [1.165, 1.54) is 47.6 Å². The molecule has 2 aliphatic heterocycles. The number of aromatic amines is 2. The number of carboxylic acid groups (broad SMARTS) is 1. The van der Waals surface area contributed by atoms with Crippen LogP contribution in [0.25, 0.3) is 33.6 Å². The number of methoxy groups -OCH3 is 2. The van der Waals surface area contributed by atoms with Gasteiger partial charge in [-0.15, -0.1) is 0 Å². The van der Waals surface area contributed by atoms with E-state index in [9.17, 15) is 19.2 Å². The van der Waals surface area contributed by atoms with Crippen molar-refractivity contribution in [2.75, 3.05) is 27.3 Å². The second-order valence-electron chi connectivity index (χ2n) is 19.2. The van der Waals surface area contributed by atoms with Crippen molar-refractivity contribution < 1.29 is 38.6 Å². The van der Waals surface area contributed by atoms with Crippen LogP contribution < -0.4 is 16.8 Å². The molecule has 4 atom stereocenters. The molecule has 0 saturated carbocycles. The summed E-state index contributed by atoms with van der Waals surface area (Å²) in [5, 5.41) is 12.9. The van der Waals surface area contributed by atoms with Crippen molar-refractivity contribution >= 4 is 30.0 Å². The Morgan fingerprint density at radius 2 is 0.955 bits per heavy atom. The fourth-order valence-electron chi connectivity index (χ4n) is 10.7. The van der Waals surface area contributed by atoms with Gasteiger partial charge in [0.2, 0.25) is 11.8 Å². The molecule has 2 aromatic heterocycles. The number of alkyl carbamates (subject to hydrolysis) is 2. The maximum absolute atomic E-state index is 14.0. The first-order chi connectivity index (χ1) is 31.4. The van der Waals surface area contributed by atoms with E-state index in [2.05, 4.69) is 58.7 Å². The third-order valence-electron chi connectivity index (χ3n) is 14.2. The van der Waals surface area contributed by atoms with Crippen LogP contribution in [0.15, 0.2) is 36.7 Å². The summed E-state index contributed by atoms with van der Waals surface area (Å²) in [4.78, 5) is 82.2. The van der Waals surface area contributed by atoms with Gasteiger partial charge in [0, 0.05) is 31.1 Å². The highest BCUT2D eigenvalue weighted by Gasteiger charge is 2.47. The first-order valence-corrected chi connectivity index (χ1v) is 23.4. The van der Waals surface area contributed by atoms with Crippen LogP contribution in [0.4, 0.5) is 9.59 Å². The minimum Gasteiger partial charge on any atom is -0.481 e. The predicted molar refractivity (Wildman–Crippen MR) is 254 cm³/mol. The Kier molecular flexibility index (Phi) is 15.2. The molecule has 4 amide bonds. The molecule has 2 aromatic carbocycles. The van der Waals surface area contributed by atoms with Gasteiger partial charge < -0.3 is 51.1 Å². The molecule has 0 bridgehead atoms. The number of amides is 4. The van der Waals surface area contributed by atoms with E-state index >= 15 is 0 Å². The Morgan fingerprint density at radius 1 is 0.627 bits per heavy atom. The summed E-state index contributed by atoms with van der Waals surface area (Å²) in [6, 6.07) is 7.63. The number of hydrogen-bond donors (Lipinski definition) is 6. The molecule has 0 unspecified atom stereocenters. The lowest BCUT2D eigenvalue weighted by molar-refractivity contribution is -0.139. The van der Waals surface area contributed by atoms with Crippen LogP contribution in [0.1, 0.15) is 121 Å². The molecule has 67 heavy (non-hydrogen) atoms. The maximum atomic E-state index is 14.0. The van der Waals surface area contributed by atoms with Crippen molar-refractivity contribution in [2.45, 2.75) is 136 Å². The summed E-state index contributed by atoms with van der Waals surface area (Å²) >= 11 is 0. The molecule has 4 aliphatic rings. The number of nitrogens with one attached hydrogen (secondary N) is 4. The van der Waals surface area contributed by atoms with Gasteiger partial charge in [0.05, 0.1) is 49.1 Å². The number of aromatic nitrogens is 4. The summed E-state index contributed by atoms with van der Waals surface area (Å²) in [7, 11) is 2.61. The highest BCUT2D eigenvalue weighted by molar-refractivity contribution is 5.88. The number of carbonyl (C=O) groups excluding carboxylic acids is 4. The number of carbonyl (C=O) groups is 5. The van der Waals surface area contributed by atoms with Gasteiger partial charge in [-0.2, -0.15) is 0 Å². The number of nitrogens with zero attached hydrogens (tertiary/aromatic N) is 4. The number of aliphatic carboxylic acids is 1. The summed E-state index contributed by atoms with van der Waals surface area (Å²) in [6.45, 7) is 14.1. The normalized spacial score (nSPS) is 20.3. The standard InChI is InChI=1S/C48H62N8O6.C2H4O2.H3N/c1-27(2)39(53-45(59)61-7)41(57)55-23-11-21-47(55,5)43-49-25-37(51-43)35-19-17-33(29-13-9-15-31(29)35)34-18-20-36(32-16-10-14-30(32)34)38-26-50-44(52-38)48(6)22-12-24-56(48)42(58)40(28(3)4)54-46(60)62-8;1-2(3)4;/h17-20,25-28,39-40H,9-16,21-24H2,1-8H3,(H,49,51)(H,50,52)(H,53,59)(H,54,60);1H3,(H,3,4);1H3/t39-,40-,47-,48-;;/m0../s1. The van der Waals surface area contributed by atoms with E-state index in [1.54, 1.807) is 0 Å². The SMILES string of the molecule is CC(=O)O.COC(=O)N[C@H](C(=O)N1CCC[C@@]1(C)c1ncc(-c2ccc(-c3ccc(-c4cnc([C@]5(C)CCCN5C(=O)[C@@H](NC(=O)OC)C(C)C)[nH]4)c4c3CCC4)c3c2CCC3)[nH]1)C(C)C.N. The van der Waals surface area contributed by atoms with Gasteiger partial charge in [0.15, 0.2) is 0 Å². The number of likely N-dealkylation sites (tertiary alicyclic amines) is 2. The first-order valence-electron chi connectivity index (χ1n) is 23.4. The lowest BCUT2D eigenvalue weighted by atomic mass is 9.87. The fraction of sp³-hybridized carbons (Fsp3) is 0.540. The maximum Gasteiger partial charge on any atom is 0.407 e. The Balaban J connectivity index is 0.00000142. The minimum atomic E-state index is -0.833. The van der Waals surface area contributed by atoms with Crippen molar-refractivity contribution in [3.8, 4) is 33.6 Å². The van der Waals surface area contributed by atoms with Crippen molar-refractivity contribution in [3.63, 3.8) is 0 Å². The summed E-state index contributed by atoms with van der Waals surface area (Å²) in [5.41, 5.74) is 11.0. The molecular formula is C50H69N9O8. The van der Waals surface area contributed by atoms with E-state index in [0.717, 1.165) is 105 Å². The van der Waals surface area contributed by atoms with E-state index in [4.69, 9.17) is 29.3 Å². The van der Waals surface area contributed by atoms with Gasteiger partial charge in [-0.25, -0.2) is 19.6 Å². The largest absolute Gasteiger partial charge is 0.481 e. The topological polar surface area (TPSA) is 247 Å². The number of fused-ring (bicyclic) bond motifs is 2. The third kappa shape index (κ3) is 9.65. The molecule has 2 aliphatic carbocycles. The summed E-state index contributed by atoms with van der Waals surface area (Å²) in [5.74, 6) is 0.173. The number of carboxylic acids is 1. The molecule has 4 heterocycles. The first kappa shape index (κ1) is 50.2. The zero-order valence-corrected chi connectivity index (χ0v) is 40.6. The molecule has 8 rings (SSSR count). The van der Waals surface area contributed by atoms with Gasteiger partial charge in [-0.3, -0.25) is 14.4 Å². The van der Waals surface area contributed by atoms with Crippen molar-refractivity contribution in [3.05, 3.63) is 70.6 Å². The molecule has 17 heteroatoms.